The smallest absolute Gasteiger partial charge is 0.150 e. The zero-order chi connectivity index (χ0) is 38.2. The Balaban J connectivity index is 1.59. The Bertz CT molecular complexity index is 2950. The lowest BCUT2D eigenvalue weighted by atomic mass is 9.92. The third-order valence-electron chi connectivity index (χ3n) is 9.96. The lowest BCUT2D eigenvalue weighted by Gasteiger charge is -2.14. The van der Waals surface area contributed by atoms with Crippen molar-refractivity contribution in [3.63, 3.8) is 0 Å². The second kappa shape index (κ2) is 14.2. The molecule has 5 heterocycles. The molecule has 0 amide bonds. The van der Waals surface area contributed by atoms with Crippen LogP contribution in [0.25, 0.3) is 85.4 Å². The number of nitrogens with zero attached hydrogens (tertiary/aromatic N) is 3. The molecule has 0 saturated carbocycles. The summed E-state index contributed by atoms with van der Waals surface area (Å²) in [6.07, 6.45) is 11.2. The van der Waals surface area contributed by atoms with Gasteiger partial charge in [0, 0.05) is 55.7 Å². The van der Waals surface area contributed by atoms with Crippen molar-refractivity contribution in [1.82, 2.24) is 19.5 Å². The Hall–Kier alpha value is -7.84. The van der Waals surface area contributed by atoms with Gasteiger partial charge in [0.1, 0.15) is 25.1 Å². The maximum absolute atomic E-state index is 11.9. The first-order valence-electron chi connectivity index (χ1n) is 17.9. The Labute approximate surface area is 320 Å². The molecule has 4 aromatic carbocycles. The lowest BCUT2D eigenvalue weighted by Crippen LogP contribution is -1.98. The molecule has 0 radical (unpaired) electrons. The first-order valence-corrected chi connectivity index (χ1v) is 17.9. The van der Waals surface area contributed by atoms with Gasteiger partial charge in [0.2, 0.25) is 0 Å². The number of nitrogens with one attached hydrogen (secondary N) is 1. The Kier molecular flexibility index (Phi) is 8.60. The molecule has 0 atom stereocenters. The van der Waals surface area contributed by atoms with Gasteiger partial charge in [-0.25, -0.2) is 9.97 Å². The molecule has 3 aromatic heterocycles. The van der Waals surface area contributed by atoms with Gasteiger partial charge in [-0.1, -0.05) is 72.8 Å². The third kappa shape index (κ3) is 6.21. The highest BCUT2D eigenvalue weighted by atomic mass is 16.1. The Morgan fingerprint density at radius 2 is 0.857 bits per heavy atom. The summed E-state index contributed by atoms with van der Waals surface area (Å²) in [6, 6.07) is 39.7. The SMILES string of the molecule is O=Cc1ccc(-c2c(-c3ccc(C=O)cc3)c3c(-c4ccc(C=O)cc4)c4nc(cc5ccc(cc6nc(cc2n3-c2ccc(C=O)cc2)C=C6)[nH]5)C=C4)cc1. The lowest BCUT2D eigenvalue weighted by molar-refractivity contribution is 0.111. The summed E-state index contributed by atoms with van der Waals surface area (Å²) in [6.45, 7) is 0. The molecule has 0 aliphatic carbocycles. The molecule has 2 aliphatic rings. The Morgan fingerprint density at radius 3 is 1.38 bits per heavy atom. The van der Waals surface area contributed by atoms with Crippen molar-refractivity contribution in [1.29, 1.82) is 0 Å². The number of fused-ring (bicyclic) bond motifs is 8. The van der Waals surface area contributed by atoms with E-state index < -0.39 is 0 Å². The molecule has 0 spiro atoms. The zero-order valence-corrected chi connectivity index (χ0v) is 29.7. The van der Waals surface area contributed by atoms with Gasteiger partial charge in [-0.15, -0.1) is 0 Å². The molecular weight excluding hydrogens is 697 g/mol. The van der Waals surface area contributed by atoms with Crippen LogP contribution in [0.15, 0.2) is 127 Å². The first kappa shape index (κ1) is 34.0. The molecule has 0 saturated heterocycles. The number of aldehydes is 4. The topological polar surface area (TPSA) is 115 Å². The molecule has 2 aliphatic heterocycles. The van der Waals surface area contributed by atoms with E-state index >= 15 is 0 Å². The number of H-pyrrole nitrogens is 1. The zero-order valence-electron chi connectivity index (χ0n) is 29.7. The van der Waals surface area contributed by atoms with Gasteiger partial charge in [-0.2, -0.15) is 0 Å². The van der Waals surface area contributed by atoms with Crippen molar-refractivity contribution >= 4 is 71.5 Å². The number of aromatic nitrogens is 4. The summed E-state index contributed by atoms with van der Waals surface area (Å²) >= 11 is 0. The summed E-state index contributed by atoms with van der Waals surface area (Å²) in [5.41, 5.74) is 13.9. The summed E-state index contributed by atoms with van der Waals surface area (Å²) in [5, 5.41) is 0. The summed E-state index contributed by atoms with van der Waals surface area (Å²) in [4.78, 5) is 61.3. The largest absolute Gasteiger partial charge is 0.355 e. The fraction of sp³-hybridized carbons (Fsp3) is 0. The van der Waals surface area contributed by atoms with Crippen LogP contribution in [-0.4, -0.2) is 44.7 Å². The van der Waals surface area contributed by atoms with Gasteiger partial charge in [-0.05, 0) is 95.6 Å². The fourth-order valence-electron chi connectivity index (χ4n) is 7.31. The standard InChI is InChI=1S/C48H30N4O4/c53-26-30-1-9-34(10-2-30)45-43-22-19-40(51-43)24-39-16-15-37(49-39)23-38-17-18-41(50-38)25-44-46(35-11-3-31(27-54)4-12-35)47(36-13-5-32(28-55)6-14-36)48(45)52(44)42-20-7-33(29-56)8-21-42/h1-29,49H. The number of rotatable bonds is 8. The normalized spacial score (nSPS) is 11.7. The Morgan fingerprint density at radius 1 is 0.429 bits per heavy atom. The maximum Gasteiger partial charge on any atom is 0.150 e. The van der Waals surface area contributed by atoms with Crippen LogP contribution in [0.5, 0.6) is 0 Å². The third-order valence-corrected chi connectivity index (χ3v) is 9.96. The highest BCUT2D eigenvalue weighted by molar-refractivity contribution is 6.11. The maximum atomic E-state index is 11.9. The van der Waals surface area contributed by atoms with Crippen molar-refractivity contribution in [2.45, 2.75) is 0 Å². The molecular formula is C48H30N4O4. The van der Waals surface area contributed by atoms with E-state index in [-0.39, 0.29) is 0 Å². The van der Waals surface area contributed by atoms with Crippen LogP contribution in [0.2, 0.25) is 0 Å². The highest BCUT2D eigenvalue weighted by Gasteiger charge is 2.26. The second-order valence-corrected chi connectivity index (χ2v) is 13.5. The van der Waals surface area contributed by atoms with Crippen LogP contribution in [0.4, 0.5) is 0 Å². The minimum atomic E-state index is 0.521. The highest BCUT2D eigenvalue weighted by Crippen LogP contribution is 2.47. The predicted octanol–water partition coefficient (Wildman–Crippen LogP) is 10.4. The predicted molar refractivity (Wildman–Crippen MR) is 222 cm³/mol. The average Bonchev–Trinajstić information content (AvgIpc) is 4.06. The molecule has 8 nitrogen and oxygen atoms in total. The summed E-state index contributed by atoms with van der Waals surface area (Å²) in [7, 11) is 0. The van der Waals surface area contributed by atoms with Crippen LogP contribution in [0.1, 0.15) is 64.2 Å². The van der Waals surface area contributed by atoms with Crippen molar-refractivity contribution in [3.05, 3.63) is 172 Å². The van der Waals surface area contributed by atoms with E-state index in [1.165, 1.54) is 0 Å². The molecule has 266 valence electrons. The second-order valence-electron chi connectivity index (χ2n) is 13.5. The van der Waals surface area contributed by atoms with Crippen molar-refractivity contribution in [2.75, 3.05) is 0 Å². The van der Waals surface area contributed by atoms with Crippen LogP contribution in [0, 0.1) is 0 Å². The van der Waals surface area contributed by atoms with E-state index in [4.69, 9.17) is 9.97 Å². The van der Waals surface area contributed by atoms with Crippen molar-refractivity contribution < 1.29 is 19.2 Å². The van der Waals surface area contributed by atoms with Crippen LogP contribution in [0.3, 0.4) is 0 Å². The number of carbonyl (C=O) groups is 4. The summed E-state index contributed by atoms with van der Waals surface area (Å²) in [5.74, 6) is 0. The van der Waals surface area contributed by atoms with Gasteiger partial charge in [-0.3, -0.25) is 19.2 Å². The summed E-state index contributed by atoms with van der Waals surface area (Å²) < 4.78 is 2.15. The molecule has 8 bridgehead atoms. The van der Waals surface area contributed by atoms with Crippen LogP contribution < -0.4 is 0 Å². The van der Waals surface area contributed by atoms with E-state index in [9.17, 15) is 19.2 Å². The van der Waals surface area contributed by atoms with E-state index in [1.54, 1.807) is 48.5 Å². The molecule has 9 rings (SSSR count). The molecule has 0 fully saturated rings. The van der Waals surface area contributed by atoms with Crippen LogP contribution >= 0.6 is 0 Å². The number of carbonyl (C=O) groups excluding carboxylic acids is 4. The van der Waals surface area contributed by atoms with E-state index in [2.05, 4.69) is 9.55 Å². The fourth-order valence-corrected chi connectivity index (χ4v) is 7.31. The molecule has 1 N–H and O–H groups in total. The van der Waals surface area contributed by atoms with E-state index in [0.29, 0.717) is 33.6 Å². The number of benzene rings is 4. The quantitative estimate of drug-likeness (QED) is 0.156. The molecule has 8 heteroatoms. The number of hydrogen-bond acceptors (Lipinski definition) is 6. The monoisotopic (exact) mass is 726 g/mol. The van der Waals surface area contributed by atoms with Crippen molar-refractivity contribution in [3.8, 4) is 39.1 Å². The number of hydrogen-bond donors (Lipinski definition) is 1. The van der Waals surface area contributed by atoms with Crippen LogP contribution in [-0.2, 0) is 0 Å². The molecule has 56 heavy (non-hydrogen) atoms. The average molecular weight is 727 g/mol. The van der Waals surface area contributed by atoms with Gasteiger partial charge < -0.3 is 9.55 Å². The van der Waals surface area contributed by atoms with Gasteiger partial charge >= 0.3 is 0 Å². The van der Waals surface area contributed by atoms with E-state index in [0.717, 1.165) is 97.7 Å². The van der Waals surface area contributed by atoms with E-state index in [1.807, 2.05) is 103 Å². The minimum absolute atomic E-state index is 0.521. The molecule has 7 aromatic rings. The van der Waals surface area contributed by atoms with Gasteiger partial charge in [0.05, 0.1) is 33.8 Å². The minimum Gasteiger partial charge on any atom is -0.355 e. The molecule has 0 unspecified atom stereocenters. The number of aromatic amines is 1. The van der Waals surface area contributed by atoms with Gasteiger partial charge in [0.15, 0.2) is 0 Å². The van der Waals surface area contributed by atoms with Gasteiger partial charge in [0.25, 0.3) is 0 Å². The first-order chi connectivity index (χ1) is 27.5. The van der Waals surface area contributed by atoms with Crippen molar-refractivity contribution in [2.24, 2.45) is 0 Å².